The molecule has 2 aliphatic carbocycles. The molecule has 0 heterocycles. The molecule has 0 unspecified atom stereocenters. The lowest BCUT2D eigenvalue weighted by Crippen LogP contribution is -2.31. The summed E-state index contributed by atoms with van der Waals surface area (Å²) in [4.78, 5) is 24.9. The van der Waals surface area contributed by atoms with E-state index in [9.17, 15) is 9.59 Å². The van der Waals surface area contributed by atoms with E-state index in [0.717, 1.165) is 42.5 Å². The van der Waals surface area contributed by atoms with Crippen LogP contribution in [0.3, 0.4) is 0 Å². The fourth-order valence-corrected chi connectivity index (χ4v) is 3.46. The van der Waals surface area contributed by atoms with Crippen LogP contribution in [0.4, 0.5) is 5.69 Å². The molecule has 146 valence electrons. The van der Waals surface area contributed by atoms with E-state index in [4.69, 9.17) is 0 Å². The number of rotatable bonds is 7. The van der Waals surface area contributed by atoms with Crippen molar-refractivity contribution >= 4 is 17.5 Å². The monoisotopic (exact) mass is 376 g/mol. The van der Waals surface area contributed by atoms with Gasteiger partial charge in [-0.1, -0.05) is 56.3 Å². The van der Waals surface area contributed by atoms with Crippen molar-refractivity contribution in [2.24, 2.45) is 11.8 Å². The van der Waals surface area contributed by atoms with Gasteiger partial charge < -0.3 is 10.6 Å². The molecule has 0 saturated heterocycles. The van der Waals surface area contributed by atoms with Crippen LogP contribution in [-0.4, -0.2) is 11.8 Å². The van der Waals surface area contributed by atoms with Gasteiger partial charge in [-0.15, -0.1) is 0 Å². The zero-order valence-corrected chi connectivity index (χ0v) is 16.6. The number of benzene rings is 2. The van der Waals surface area contributed by atoms with E-state index in [2.05, 4.69) is 48.7 Å². The number of hydrogen-bond donors (Lipinski definition) is 2. The smallest absolute Gasteiger partial charge is 0.227 e. The minimum atomic E-state index is -0.273. The lowest BCUT2D eigenvalue weighted by atomic mass is 9.94. The van der Waals surface area contributed by atoms with E-state index in [1.807, 2.05) is 24.3 Å². The van der Waals surface area contributed by atoms with E-state index in [1.54, 1.807) is 0 Å². The van der Waals surface area contributed by atoms with Crippen LogP contribution in [0.15, 0.2) is 48.5 Å². The van der Waals surface area contributed by atoms with Gasteiger partial charge in [0.05, 0.1) is 6.04 Å². The van der Waals surface area contributed by atoms with Crippen LogP contribution >= 0.6 is 0 Å². The molecule has 2 saturated carbocycles. The Morgan fingerprint density at radius 2 is 1.39 bits per heavy atom. The van der Waals surface area contributed by atoms with Crippen LogP contribution in [0.25, 0.3) is 0 Å². The van der Waals surface area contributed by atoms with Crippen LogP contribution < -0.4 is 10.6 Å². The molecule has 2 aliphatic rings. The average Bonchev–Trinajstić information content (AvgIpc) is 3.58. The molecule has 0 bridgehead atoms. The molecule has 4 heteroatoms. The second-order valence-corrected chi connectivity index (χ2v) is 8.39. The SMILES string of the molecule is CC(C)c1ccc([C@@H](NC(=O)C2CC2)c2ccccc2NC(=O)C2CC2)cc1. The Morgan fingerprint density at radius 3 is 2.00 bits per heavy atom. The summed E-state index contributed by atoms with van der Waals surface area (Å²) in [5.74, 6) is 0.901. The Balaban J connectivity index is 1.66. The molecule has 2 aromatic carbocycles. The molecule has 0 radical (unpaired) electrons. The van der Waals surface area contributed by atoms with Crippen LogP contribution in [0.1, 0.15) is 68.2 Å². The zero-order valence-electron chi connectivity index (χ0n) is 16.6. The Hall–Kier alpha value is -2.62. The normalized spacial score (nSPS) is 17.2. The highest BCUT2D eigenvalue weighted by Gasteiger charge is 2.33. The lowest BCUT2D eigenvalue weighted by Gasteiger charge is -2.23. The molecular weight excluding hydrogens is 348 g/mol. The third-order valence-corrected chi connectivity index (χ3v) is 5.65. The molecule has 4 rings (SSSR count). The van der Waals surface area contributed by atoms with Gasteiger partial charge in [-0.25, -0.2) is 0 Å². The number of nitrogens with one attached hydrogen (secondary N) is 2. The predicted octanol–water partition coefficient (Wildman–Crippen LogP) is 4.77. The molecule has 0 aromatic heterocycles. The molecule has 4 nitrogen and oxygen atoms in total. The maximum atomic E-state index is 12.6. The van der Waals surface area contributed by atoms with E-state index >= 15 is 0 Å². The van der Waals surface area contributed by atoms with E-state index in [0.29, 0.717) is 5.92 Å². The Kier molecular flexibility index (Phi) is 5.21. The highest BCUT2D eigenvalue weighted by molar-refractivity contribution is 5.95. The molecule has 28 heavy (non-hydrogen) atoms. The number of carbonyl (C=O) groups is 2. The van der Waals surface area contributed by atoms with Crippen molar-refractivity contribution in [1.29, 1.82) is 0 Å². The summed E-state index contributed by atoms with van der Waals surface area (Å²) in [5, 5.41) is 6.31. The predicted molar refractivity (Wildman–Crippen MR) is 111 cm³/mol. The number of carbonyl (C=O) groups excluding carboxylic acids is 2. The molecule has 2 fully saturated rings. The van der Waals surface area contributed by atoms with Crippen molar-refractivity contribution in [2.75, 3.05) is 5.32 Å². The second kappa shape index (κ2) is 7.78. The standard InChI is InChI=1S/C24H28N2O2/c1-15(2)16-7-9-17(10-8-16)22(26-24(28)19-13-14-19)20-5-3-4-6-21(20)25-23(27)18-11-12-18/h3-10,15,18-19,22H,11-14H2,1-2H3,(H,25,27)(H,26,28)/t22-/m1/s1. The highest BCUT2D eigenvalue weighted by Crippen LogP contribution is 2.35. The van der Waals surface area contributed by atoms with Crippen LogP contribution in [0.5, 0.6) is 0 Å². The summed E-state index contributed by atoms with van der Waals surface area (Å²) in [5.41, 5.74) is 4.02. The van der Waals surface area contributed by atoms with Crippen molar-refractivity contribution < 1.29 is 9.59 Å². The maximum Gasteiger partial charge on any atom is 0.227 e. The van der Waals surface area contributed by atoms with E-state index in [-0.39, 0.29) is 29.7 Å². The molecule has 2 amide bonds. The summed E-state index contributed by atoms with van der Waals surface area (Å²) in [6, 6.07) is 16.0. The fourth-order valence-electron chi connectivity index (χ4n) is 3.46. The molecule has 0 spiro atoms. The summed E-state index contributed by atoms with van der Waals surface area (Å²) >= 11 is 0. The number of hydrogen-bond acceptors (Lipinski definition) is 2. The first kappa shape index (κ1) is 18.7. The summed E-state index contributed by atoms with van der Waals surface area (Å²) in [6.45, 7) is 4.34. The zero-order chi connectivity index (χ0) is 19.7. The first-order valence-electron chi connectivity index (χ1n) is 10.3. The van der Waals surface area contributed by atoms with Crippen LogP contribution in [0.2, 0.25) is 0 Å². The van der Waals surface area contributed by atoms with Crippen molar-refractivity contribution in [3.63, 3.8) is 0 Å². The summed E-state index contributed by atoms with van der Waals surface area (Å²) < 4.78 is 0. The first-order chi connectivity index (χ1) is 13.5. The number of amides is 2. The first-order valence-corrected chi connectivity index (χ1v) is 10.3. The summed E-state index contributed by atoms with van der Waals surface area (Å²) in [6.07, 6.45) is 3.86. The number of para-hydroxylation sites is 1. The highest BCUT2D eigenvalue weighted by atomic mass is 16.2. The third-order valence-electron chi connectivity index (χ3n) is 5.65. The van der Waals surface area contributed by atoms with Crippen molar-refractivity contribution in [3.8, 4) is 0 Å². The van der Waals surface area contributed by atoms with Crippen molar-refractivity contribution in [2.45, 2.75) is 51.5 Å². The van der Waals surface area contributed by atoms with Gasteiger partial charge in [-0.3, -0.25) is 9.59 Å². The minimum absolute atomic E-state index is 0.0786. The van der Waals surface area contributed by atoms with Crippen molar-refractivity contribution in [3.05, 3.63) is 65.2 Å². The quantitative estimate of drug-likeness (QED) is 0.731. The Labute approximate surface area is 166 Å². The van der Waals surface area contributed by atoms with Gasteiger partial charge in [0.2, 0.25) is 11.8 Å². The Morgan fingerprint density at radius 1 is 0.821 bits per heavy atom. The van der Waals surface area contributed by atoms with Gasteiger partial charge in [0, 0.05) is 23.1 Å². The maximum absolute atomic E-state index is 12.6. The molecule has 1 atom stereocenters. The van der Waals surface area contributed by atoms with Gasteiger partial charge >= 0.3 is 0 Å². The minimum Gasteiger partial charge on any atom is -0.345 e. The Bertz CT molecular complexity index is 864. The molecule has 2 N–H and O–H groups in total. The van der Waals surface area contributed by atoms with Crippen molar-refractivity contribution in [1.82, 2.24) is 5.32 Å². The van der Waals surface area contributed by atoms with E-state index < -0.39 is 0 Å². The molecule has 0 aliphatic heterocycles. The van der Waals surface area contributed by atoms with Gasteiger partial charge in [0.15, 0.2) is 0 Å². The van der Waals surface area contributed by atoms with Crippen LogP contribution in [0, 0.1) is 11.8 Å². The van der Waals surface area contributed by atoms with Crippen LogP contribution in [-0.2, 0) is 9.59 Å². The molecule has 2 aromatic rings. The largest absolute Gasteiger partial charge is 0.345 e. The van der Waals surface area contributed by atoms with E-state index in [1.165, 1.54) is 5.56 Å². The second-order valence-electron chi connectivity index (χ2n) is 8.39. The third kappa shape index (κ3) is 4.27. The van der Waals surface area contributed by atoms with Gasteiger partial charge in [0.1, 0.15) is 0 Å². The number of anilines is 1. The van der Waals surface area contributed by atoms with Gasteiger partial charge in [0.25, 0.3) is 0 Å². The van der Waals surface area contributed by atoms with Gasteiger partial charge in [-0.05, 0) is 48.8 Å². The lowest BCUT2D eigenvalue weighted by molar-refractivity contribution is -0.122. The fraction of sp³-hybridized carbons (Fsp3) is 0.417. The van der Waals surface area contributed by atoms with Gasteiger partial charge in [-0.2, -0.15) is 0 Å². The topological polar surface area (TPSA) is 58.2 Å². The summed E-state index contributed by atoms with van der Waals surface area (Å²) in [7, 11) is 0. The molecular formula is C24H28N2O2. The average molecular weight is 377 g/mol.